The molecule has 1 atom stereocenters. The van der Waals surface area contributed by atoms with Gasteiger partial charge in [0.15, 0.2) is 0 Å². The molecule has 2 rings (SSSR count). The number of carbonyl (C=O) groups excluding carboxylic acids is 1. The summed E-state index contributed by atoms with van der Waals surface area (Å²) in [5.41, 5.74) is 1.73. The van der Waals surface area contributed by atoms with Crippen LogP contribution in [-0.2, 0) is 0 Å². The molecule has 1 amide bonds. The zero-order chi connectivity index (χ0) is 13.1. The summed E-state index contributed by atoms with van der Waals surface area (Å²) in [6, 6.07) is 8.09. The van der Waals surface area contributed by atoms with Gasteiger partial charge in [0.25, 0.3) is 5.91 Å². The van der Waals surface area contributed by atoms with Gasteiger partial charge in [-0.2, -0.15) is 0 Å². The maximum Gasteiger partial charge on any atom is 0.253 e. The lowest BCUT2D eigenvalue weighted by Gasteiger charge is -2.20. The Balaban J connectivity index is 2.23. The van der Waals surface area contributed by atoms with Crippen LogP contribution in [-0.4, -0.2) is 16.9 Å². The molecule has 3 nitrogen and oxygen atoms in total. The van der Waals surface area contributed by atoms with Crippen molar-refractivity contribution in [2.75, 3.05) is 0 Å². The minimum atomic E-state index is 0.00741. The number of benzene rings is 1. The molecule has 0 aliphatic carbocycles. The van der Waals surface area contributed by atoms with Gasteiger partial charge in [0.1, 0.15) is 0 Å². The number of amides is 1. The molecule has 2 aromatic rings. The SMILES string of the molecule is CCC(NC(=O)c1c[nH]c2ccccc12)C(C)C. The summed E-state index contributed by atoms with van der Waals surface area (Å²) in [6.45, 7) is 6.35. The molecule has 0 saturated heterocycles. The Morgan fingerprint density at radius 2 is 2.06 bits per heavy atom. The van der Waals surface area contributed by atoms with Gasteiger partial charge >= 0.3 is 0 Å². The maximum atomic E-state index is 12.3. The fraction of sp³-hybridized carbons (Fsp3) is 0.400. The summed E-state index contributed by atoms with van der Waals surface area (Å²) in [6.07, 6.45) is 2.73. The quantitative estimate of drug-likeness (QED) is 0.851. The first kappa shape index (κ1) is 12.7. The molecule has 1 aromatic carbocycles. The predicted molar refractivity (Wildman–Crippen MR) is 74.7 cm³/mol. The Bertz CT molecular complexity index is 542. The first-order valence-electron chi connectivity index (χ1n) is 6.50. The number of rotatable bonds is 4. The van der Waals surface area contributed by atoms with Gasteiger partial charge in [-0.25, -0.2) is 0 Å². The van der Waals surface area contributed by atoms with Crippen LogP contribution in [0, 0.1) is 5.92 Å². The average Bonchev–Trinajstić information content (AvgIpc) is 2.79. The van der Waals surface area contributed by atoms with Gasteiger partial charge in [-0.15, -0.1) is 0 Å². The molecule has 0 fully saturated rings. The van der Waals surface area contributed by atoms with Crippen molar-refractivity contribution in [3.8, 4) is 0 Å². The molecule has 1 unspecified atom stereocenters. The van der Waals surface area contributed by atoms with E-state index in [1.807, 2.05) is 24.3 Å². The number of nitrogens with one attached hydrogen (secondary N) is 2. The van der Waals surface area contributed by atoms with E-state index in [-0.39, 0.29) is 11.9 Å². The Morgan fingerprint density at radius 1 is 1.33 bits per heavy atom. The highest BCUT2D eigenvalue weighted by molar-refractivity contribution is 6.06. The van der Waals surface area contributed by atoms with Gasteiger partial charge in [0.05, 0.1) is 5.56 Å². The summed E-state index contributed by atoms with van der Waals surface area (Å²) in [4.78, 5) is 15.4. The van der Waals surface area contributed by atoms with Crippen LogP contribution in [0.25, 0.3) is 10.9 Å². The van der Waals surface area contributed by atoms with Crippen molar-refractivity contribution >= 4 is 16.8 Å². The summed E-state index contributed by atoms with van der Waals surface area (Å²) in [7, 11) is 0. The number of hydrogen-bond acceptors (Lipinski definition) is 1. The van der Waals surface area contributed by atoms with Gasteiger partial charge in [-0.3, -0.25) is 4.79 Å². The molecular formula is C15H20N2O. The molecular weight excluding hydrogens is 224 g/mol. The second kappa shape index (κ2) is 5.25. The van der Waals surface area contributed by atoms with Gasteiger partial charge < -0.3 is 10.3 Å². The van der Waals surface area contributed by atoms with E-state index in [2.05, 4.69) is 31.1 Å². The number of aromatic amines is 1. The third-order valence-corrected chi connectivity index (χ3v) is 3.39. The molecule has 1 heterocycles. The fourth-order valence-corrected chi connectivity index (χ4v) is 2.25. The molecule has 18 heavy (non-hydrogen) atoms. The first-order valence-corrected chi connectivity index (χ1v) is 6.50. The number of carbonyl (C=O) groups is 1. The monoisotopic (exact) mass is 244 g/mol. The van der Waals surface area contributed by atoms with Crippen LogP contribution in [0.1, 0.15) is 37.6 Å². The normalized spacial score (nSPS) is 12.9. The Hall–Kier alpha value is -1.77. The number of fused-ring (bicyclic) bond motifs is 1. The van der Waals surface area contributed by atoms with Crippen molar-refractivity contribution < 1.29 is 4.79 Å². The smallest absolute Gasteiger partial charge is 0.253 e. The van der Waals surface area contributed by atoms with Crippen LogP contribution < -0.4 is 5.32 Å². The van der Waals surface area contributed by atoms with Gasteiger partial charge in [0, 0.05) is 23.1 Å². The molecule has 1 aromatic heterocycles. The van der Waals surface area contributed by atoms with E-state index in [1.165, 1.54) is 0 Å². The Kier molecular flexibility index (Phi) is 3.70. The molecule has 0 saturated carbocycles. The Morgan fingerprint density at radius 3 is 2.72 bits per heavy atom. The number of para-hydroxylation sites is 1. The molecule has 96 valence electrons. The van der Waals surface area contributed by atoms with E-state index in [9.17, 15) is 4.79 Å². The number of H-pyrrole nitrogens is 1. The number of hydrogen-bond donors (Lipinski definition) is 2. The average molecular weight is 244 g/mol. The lowest BCUT2D eigenvalue weighted by molar-refractivity contribution is 0.0926. The molecule has 0 aliphatic rings. The second-order valence-electron chi connectivity index (χ2n) is 4.98. The molecule has 0 bridgehead atoms. The highest BCUT2D eigenvalue weighted by Crippen LogP contribution is 2.18. The lowest BCUT2D eigenvalue weighted by Crippen LogP contribution is -2.37. The molecule has 0 spiro atoms. The third-order valence-electron chi connectivity index (χ3n) is 3.39. The first-order chi connectivity index (χ1) is 8.63. The molecule has 0 radical (unpaired) electrons. The van der Waals surface area contributed by atoms with Crippen molar-refractivity contribution in [2.45, 2.75) is 33.2 Å². The van der Waals surface area contributed by atoms with Crippen molar-refractivity contribution in [1.82, 2.24) is 10.3 Å². The standard InChI is InChI=1S/C15H20N2O/c1-4-13(10(2)3)17-15(18)12-9-16-14-8-6-5-7-11(12)14/h5-10,13,16H,4H2,1-3H3,(H,17,18). The van der Waals surface area contributed by atoms with E-state index in [0.717, 1.165) is 22.9 Å². The van der Waals surface area contributed by atoms with Crippen LogP contribution >= 0.6 is 0 Å². The predicted octanol–water partition coefficient (Wildman–Crippen LogP) is 3.33. The van der Waals surface area contributed by atoms with E-state index >= 15 is 0 Å². The lowest BCUT2D eigenvalue weighted by atomic mass is 10.0. The fourth-order valence-electron chi connectivity index (χ4n) is 2.25. The molecule has 2 N–H and O–H groups in total. The minimum absolute atomic E-state index is 0.00741. The highest BCUT2D eigenvalue weighted by atomic mass is 16.1. The van der Waals surface area contributed by atoms with Gasteiger partial charge in [-0.1, -0.05) is 39.0 Å². The van der Waals surface area contributed by atoms with E-state index in [4.69, 9.17) is 0 Å². The third kappa shape index (κ3) is 2.40. The van der Waals surface area contributed by atoms with Crippen molar-refractivity contribution in [1.29, 1.82) is 0 Å². The van der Waals surface area contributed by atoms with Crippen LogP contribution in [0.3, 0.4) is 0 Å². The zero-order valence-electron chi connectivity index (χ0n) is 11.2. The van der Waals surface area contributed by atoms with Crippen LogP contribution in [0.4, 0.5) is 0 Å². The molecule has 0 aliphatic heterocycles. The van der Waals surface area contributed by atoms with Crippen LogP contribution in [0.2, 0.25) is 0 Å². The minimum Gasteiger partial charge on any atom is -0.360 e. The van der Waals surface area contributed by atoms with E-state index in [0.29, 0.717) is 5.92 Å². The van der Waals surface area contributed by atoms with E-state index < -0.39 is 0 Å². The van der Waals surface area contributed by atoms with Crippen molar-refractivity contribution in [3.05, 3.63) is 36.0 Å². The van der Waals surface area contributed by atoms with Gasteiger partial charge in [0.2, 0.25) is 0 Å². The van der Waals surface area contributed by atoms with Crippen LogP contribution in [0.15, 0.2) is 30.5 Å². The maximum absolute atomic E-state index is 12.3. The highest BCUT2D eigenvalue weighted by Gasteiger charge is 2.17. The summed E-state index contributed by atoms with van der Waals surface area (Å²) in [5.74, 6) is 0.456. The zero-order valence-corrected chi connectivity index (χ0v) is 11.2. The molecule has 3 heteroatoms. The second-order valence-corrected chi connectivity index (χ2v) is 4.98. The van der Waals surface area contributed by atoms with Crippen molar-refractivity contribution in [3.63, 3.8) is 0 Å². The summed E-state index contributed by atoms with van der Waals surface area (Å²) in [5, 5.41) is 4.08. The Labute approximate surface area is 108 Å². The van der Waals surface area contributed by atoms with Crippen molar-refractivity contribution in [2.24, 2.45) is 5.92 Å². The van der Waals surface area contributed by atoms with Crippen LogP contribution in [0.5, 0.6) is 0 Å². The largest absolute Gasteiger partial charge is 0.360 e. The van der Waals surface area contributed by atoms with E-state index in [1.54, 1.807) is 6.20 Å². The summed E-state index contributed by atoms with van der Waals surface area (Å²) >= 11 is 0. The van der Waals surface area contributed by atoms with Gasteiger partial charge in [-0.05, 0) is 18.4 Å². The number of aromatic nitrogens is 1. The topological polar surface area (TPSA) is 44.9 Å². The summed E-state index contributed by atoms with van der Waals surface area (Å²) < 4.78 is 0.